The number of carbonyl (C=O) groups excluding carboxylic acids is 2. The van der Waals surface area contributed by atoms with E-state index >= 15 is 0 Å². The molecule has 21 heavy (non-hydrogen) atoms. The predicted molar refractivity (Wildman–Crippen MR) is 77.8 cm³/mol. The van der Waals surface area contributed by atoms with Crippen molar-refractivity contribution in [2.75, 3.05) is 19.6 Å². The second-order valence-corrected chi connectivity index (χ2v) is 5.75. The number of nitrogens with one attached hydrogen (secondary N) is 2. The molecule has 0 radical (unpaired) electrons. The third-order valence-electron chi connectivity index (χ3n) is 3.15. The first-order valence-electron chi connectivity index (χ1n) is 7.43. The van der Waals surface area contributed by atoms with Gasteiger partial charge in [-0.1, -0.05) is 13.8 Å². The zero-order valence-corrected chi connectivity index (χ0v) is 12.7. The Morgan fingerprint density at radius 1 is 1.19 bits per heavy atom. The number of aliphatic carboxylic acids is 1. The van der Waals surface area contributed by atoms with E-state index in [2.05, 4.69) is 10.6 Å². The van der Waals surface area contributed by atoms with E-state index in [1.54, 1.807) is 4.90 Å². The van der Waals surface area contributed by atoms with E-state index in [4.69, 9.17) is 5.11 Å². The van der Waals surface area contributed by atoms with Crippen LogP contribution in [0, 0.1) is 5.92 Å². The summed E-state index contributed by atoms with van der Waals surface area (Å²) in [4.78, 5) is 35.6. The van der Waals surface area contributed by atoms with Crippen molar-refractivity contribution in [1.82, 2.24) is 15.5 Å². The van der Waals surface area contributed by atoms with Gasteiger partial charge < -0.3 is 20.6 Å². The van der Waals surface area contributed by atoms with E-state index < -0.39 is 5.97 Å². The van der Waals surface area contributed by atoms with Crippen molar-refractivity contribution in [1.29, 1.82) is 0 Å². The number of rotatable bonds is 9. The van der Waals surface area contributed by atoms with Crippen LogP contribution < -0.4 is 10.6 Å². The molecule has 7 nitrogen and oxygen atoms in total. The Morgan fingerprint density at radius 2 is 1.86 bits per heavy atom. The molecule has 1 aliphatic rings. The number of hydrogen-bond acceptors (Lipinski definition) is 3. The standard InChI is InChI=1S/C14H25N3O4/c1-10(2)9-16-12(18)5-7-15-14(21)17(11-3-4-11)8-6-13(19)20/h10-11H,3-9H2,1-2H3,(H,15,21)(H,16,18)(H,19,20). The lowest BCUT2D eigenvalue weighted by molar-refractivity contribution is -0.137. The van der Waals surface area contributed by atoms with Gasteiger partial charge in [0.2, 0.25) is 5.91 Å². The highest BCUT2D eigenvalue weighted by Gasteiger charge is 2.32. The SMILES string of the molecule is CC(C)CNC(=O)CCNC(=O)N(CCC(=O)O)C1CC1. The molecule has 0 bridgehead atoms. The quantitative estimate of drug-likeness (QED) is 0.586. The van der Waals surface area contributed by atoms with Crippen molar-refractivity contribution in [2.24, 2.45) is 5.92 Å². The van der Waals surface area contributed by atoms with Crippen molar-refractivity contribution >= 4 is 17.9 Å². The lowest BCUT2D eigenvalue weighted by atomic mass is 10.2. The molecule has 7 heteroatoms. The minimum Gasteiger partial charge on any atom is -0.481 e. The smallest absolute Gasteiger partial charge is 0.317 e. The second-order valence-electron chi connectivity index (χ2n) is 5.75. The molecule has 0 unspecified atom stereocenters. The Labute approximate surface area is 125 Å². The monoisotopic (exact) mass is 299 g/mol. The molecule has 3 N–H and O–H groups in total. The van der Waals surface area contributed by atoms with Crippen molar-refractivity contribution < 1.29 is 19.5 Å². The van der Waals surface area contributed by atoms with E-state index in [1.807, 2.05) is 13.8 Å². The first kappa shape index (κ1) is 17.3. The zero-order valence-electron chi connectivity index (χ0n) is 12.7. The molecule has 3 amide bonds. The average molecular weight is 299 g/mol. The van der Waals surface area contributed by atoms with Gasteiger partial charge in [-0.05, 0) is 18.8 Å². The maximum absolute atomic E-state index is 12.0. The van der Waals surface area contributed by atoms with Crippen LogP contribution in [0.15, 0.2) is 0 Å². The molecule has 1 aliphatic carbocycles. The molecule has 0 aliphatic heterocycles. The zero-order chi connectivity index (χ0) is 15.8. The number of carbonyl (C=O) groups is 3. The molecular weight excluding hydrogens is 274 g/mol. The maximum atomic E-state index is 12.0. The van der Waals surface area contributed by atoms with Gasteiger partial charge in [-0.25, -0.2) is 4.79 Å². The fourth-order valence-corrected chi connectivity index (χ4v) is 1.84. The third-order valence-corrected chi connectivity index (χ3v) is 3.15. The van der Waals surface area contributed by atoms with Crippen LogP contribution in [0.25, 0.3) is 0 Å². The highest BCUT2D eigenvalue weighted by atomic mass is 16.4. The van der Waals surface area contributed by atoms with Gasteiger partial charge in [0.15, 0.2) is 0 Å². The lowest BCUT2D eigenvalue weighted by Crippen LogP contribution is -2.43. The molecule has 0 saturated heterocycles. The number of nitrogens with zero attached hydrogens (tertiary/aromatic N) is 1. The Kier molecular flexibility index (Phi) is 6.98. The summed E-state index contributed by atoms with van der Waals surface area (Å²) in [6.45, 7) is 5.13. The van der Waals surface area contributed by atoms with Crippen LogP contribution in [-0.4, -0.2) is 53.6 Å². The largest absolute Gasteiger partial charge is 0.481 e. The summed E-state index contributed by atoms with van der Waals surface area (Å²) in [5.41, 5.74) is 0. The molecule has 1 fully saturated rings. The van der Waals surface area contributed by atoms with Crippen molar-refractivity contribution in [3.8, 4) is 0 Å². The van der Waals surface area contributed by atoms with Gasteiger partial charge in [-0.2, -0.15) is 0 Å². The van der Waals surface area contributed by atoms with Gasteiger partial charge in [0, 0.05) is 32.1 Å². The highest BCUT2D eigenvalue weighted by molar-refractivity contribution is 5.78. The minimum atomic E-state index is -0.915. The summed E-state index contributed by atoms with van der Waals surface area (Å²) in [5.74, 6) is -0.612. The van der Waals surface area contributed by atoms with E-state index in [-0.39, 0.29) is 43.9 Å². The number of hydrogen-bond donors (Lipinski definition) is 3. The minimum absolute atomic E-state index is 0.0568. The molecule has 120 valence electrons. The van der Waals surface area contributed by atoms with Crippen LogP contribution in [0.4, 0.5) is 4.79 Å². The van der Waals surface area contributed by atoms with Crippen molar-refractivity contribution in [3.63, 3.8) is 0 Å². The predicted octanol–water partition coefficient (Wildman–Crippen LogP) is 0.797. The van der Waals surface area contributed by atoms with Crippen LogP contribution in [0.2, 0.25) is 0 Å². The fraction of sp³-hybridized carbons (Fsp3) is 0.786. The molecular formula is C14H25N3O4. The molecule has 0 aromatic heterocycles. The number of carboxylic acids is 1. The maximum Gasteiger partial charge on any atom is 0.317 e. The first-order chi connectivity index (χ1) is 9.90. The van der Waals surface area contributed by atoms with Gasteiger partial charge in [-0.15, -0.1) is 0 Å². The third kappa shape index (κ3) is 7.53. The molecule has 0 atom stereocenters. The fourth-order valence-electron chi connectivity index (χ4n) is 1.84. The van der Waals surface area contributed by atoms with E-state index in [0.29, 0.717) is 12.5 Å². The molecule has 0 aromatic rings. The van der Waals surface area contributed by atoms with Crippen LogP contribution in [0.3, 0.4) is 0 Å². The summed E-state index contributed by atoms with van der Waals surface area (Å²) < 4.78 is 0. The van der Waals surface area contributed by atoms with Gasteiger partial charge in [0.25, 0.3) is 0 Å². The highest BCUT2D eigenvalue weighted by Crippen LogP contribution is 2.26. The topological polar surface area (TPSA) is 98.7 Å². The number of amides is 3. The summed E-state index contributed by atoms with van der Waals surface area (Å²) in [7, 11) is 0. The average Bonchev–Trinajstić information content (AvgIpc) is 3.20. The summed E-state index contributed by atoms with van der Waals surface area (Å²) in [5, 5.41) is 14.1. The van der Waals surface area contributed by atoms with Crippen LogP contribution >= 0.6 is 0 Å². The normalized spacial score (nSPS) is 13.9. The molecule has 1 saturated carbocycles. The summed E-state index contributed by atoms with van der Waals surface area (Å²) in [6.07, 6.45) is 2.01. The Bertz CT molecular complexity index is 380. The van der Waals surface area contributed by atoms with Crippen molar-refractivity contribution in [2.45, 2.75) is 45.6 Å². The Morgan fingerprint density at radius 3 is 2.38 bits per heavy atom. The van der Waals surface area contributed by atoms with Gasteiger partial charge >= 0.3 is 12.0 Å². The van der Waals surface area contributed by atoms with Crippen LogP contribution in [0.1, 0.15) is 39.5 Å². The van der Waals surface area contributed by atoms with Crippen LogP contribution in [0.5, 0.6) is 0 Å². The molecule has 1 rings (SSSR count). The second kappa shape index (κ2) is 8.49. The summed E-state index contributed by atoms with van der Waals surface area (Å²) >= 11 is 0. The lowest BCUT2D eigenvalue weighted by Gasteiger charge is -2.22. The molecule has 0 aromatic carbocycles. The Hall–Kier alpha value is -1.79. The Balaban J connectivity index is 2.24. The number of urea groups is 1. The molecule has 0 heterocycles. The van der Waals surface area contributed by atoms with E-state index in [0.717, 1.165) is 12.8 Å². The molecule has 0 spiro atoms. The first-order valence-corrected chi connectivity index (χ1v) is 7.43. The van der Waals surface area contributed by atoms with Gasteiger partial charge in [0.05, 0.1) is 6.42 Å². The van der Waals surface area contributed by atoms with E-state index in [9.17, 15) is 14.4 Å². The van der Waals surface area contributed by atoms with Crippen LogP contribution in [-0.2, 0) is 9.59 Å². The number of carboxylic acid groups (broad SMARTS) is 1. The van der Waals surface area contributed by atoms with Crippen molar-refractivity contribution in [3.05, 3.63) is 0 Å². The van der Waals surface area contributed by atoms with Gasteiger partial charge in [0.1, 0.15) is 0 Å². The van der Waals surface area contributed by atoms with E-state index in [1.165, 1.54) is 0 Å². The summed E-state index contributed by atoms with van der Waals surface area (Å²) in [6, 6.07) is -0.130. The van der Waals surface area contributed by atoms with Gasteiger partial charge in [-0.3, -0.25) is 9.59 Å².